The summed E-state index contributed by atoms with van der Waals surface area (Å²) >= 11 is 5.99. The Bertz CT molecular complexity index is 635. The fourth-order valence-electron chi connectivity index (χ4n) is 4.47. The Balaban J connectivity index is 1.29. The van der Waals surface area contributed by atoms with Crippen molar-refractivity contribution in [2.24, 2.45) is 5.92 Å². The number of carbonyl (C=O) groups is 1. The maximum atomic E-state index is 12.7. The zero-order chi connectivity index (χ0) is 18.6. The van der Waals surface area contributed by atoms with Crippen LogP contribution in [-0.2, 0) is 16.1 Å². The van der Waals surface area contributed by atoms with Gasteiger partial charge in [-0.05, 0) is 49.4 Å². The molecule has 3 aliphatic rings. The van der Waals surface area contributed by atoms with Gasteiger partial charge in [0.25, 0.3) is 0 Å². The van der Waals surface area contributed by atoms with Crippen molar-refractivity contribution in [3.63, 3.8) is 0 Å². The normalized spacial score (nSPS) is 29.8. The summed E-state index contributed by atoms with van der Waals surface area (Å²) in [4.78, 5) is 17.2. The van der Waals surface area contributed by atoms with Crippen LogP contribution in [0.5, 0.6) is 0 Å². The first kappa shape index (κ1) is 19.2. The van der Waals surface area contributed by atoms with E-state index in [-0.39, 0.29) is 11.9 Å². The average molecular weight is 393 g/mol. The van der Waals surface area contributed by atoms with Gasteiger partial charge in [-0.15, -0.1) is 0 Å². The Morgan fingerprint density at radius 3 is 2.70 bits per heavy atom. The number of hydrazine groups is 1. The van der Waals surface area contributed by atoms with Crippen LogP contribution in [0.15, 0.2) is 24.3 Å². The molecule has 3 aliphatic heterocycles. The van der Waals surface area contributed by atoms with Gasteiger partial charge in [-0.3, -0.25) is 15.1 Å². The van der Waals surface area contributed by atoms with Gasteiger partial charge >= 0.3 is 0 Å². The van der Waals surface area contributed by atoms with Gasteiger partial charge in [0.05, 0.1) is 13.2 Å². The summed E-state index contributed by atoms with van der Waals surface area (Å²) in [5.41, 5.74) is 7.98. The molecule has 0 bridgehead atoms. The molecule has 3 unspecified atom stereocenters. The molecule has 0 aromatic heterocycles. The lowest BCUT2D eigenvalue weighted by atomic mass is 9.88. The number of ether oxygens (including phenoxy) is 1. The van der Waals surface area contributed by atoms with Crippen molar-refractivity contribution in [3.8, 4) is 0 Å². The van der Waals surface area contributed by atoms with E-state index in [0.29, 0.717) is 38.3 Å². The molecule has 6 nitrogen and oxygen atoms in total. The first-order valence-corrected chi connectivity index (χ1v) is 10.4. The molecule has 2 N–H and O–H groups in total. The Labute approximate surface area is 166 Å². The second-order valence-electron chi connectivity index (χ2n) is 7.89. The van der Waals surface area contributed by atoms with Crippen LogP contribution in [0, 0.1) is 5.92 Å². The van der Waals surface area contributed by atoms with Crippen LogP contribution in [0.2, 0.25) is 5.02 Å². The van der Waals surface area contributed by atoms with Gasteiger partial charge in [0.2, 0.25) is 5.91 Å². The number of amides is 1. The summed E-state index contributed by atoms with van der Waals surface area (Å²) in [7, 11) is 0. The Morgan fingerprint density at radius 1 is 1.15 bits per heavy atom. The molecule has 148 valence electrons. The Morgan fingerprint density at radius 2 is 1.93 bits per heavy atom. The summed E-state index contributed by atoms with van der Waals surface area (Å²) < 4.78 is 5.35. The van der Waals surface area contributed by atoms with Crippen LogP contribution in [0.4, 0.5) is 0 Å². The van der Waals surface area contributed by atoms with E-state index < -0.39 is 0 Å². The van der Waals surface area contributed by atoms with E-state index in [2.05, 4.69) is 27.9 Å². The fourth-order valence-corrected chi connectivity index (χ4v) is 4.59. The van der Waals surface area contributed by atoms with E-state index in [4.69, 9.17) is 16.3 Å². The number of nitrogens with one attached hydrogen (secondary N) is 2. The van der Waals surface area contributed by atoms with E-state index in [0.717, 1.165) is 31.1 Å². The van der Waals surface area contributed by atoms with Crippen molar-refractivity contribution in [2.45, 2.75) is 37.9 Å². The molecule has 3 heterocycles. The topological polar surface area (TPSA) is 56.8 Å². The van der Waals surface area contributed by atoms with Crippen LogP contribution < -0.4 is 10.9 Å². The lowest BCUT2D eigenvalue weighted by Gasteiger charge is -2.35. The molecular formula is C20H29ClN4O2. The quantitative estimate of drug-likeness (QED) is 0.816. The first-order valence-electron chi connectivity index (χ1n) is 10.0. The molecule has 7 heteroatoms. The van der Waals surface area contributed by atoms with E-state index in [1.165, 1.54) is 18.4 Å². The minimum absolute atomic E-state index is 0.111. The van der Waals surface area contributed by atoms with Crippen molar-refractivity contribution in [1.82, 2.24) is 20.7 Å². The number of likely N-dealkylation sites (tertiary alicyclic amines) is 1. The number of hydrogen-bond donors (Lipinski definition) is 2. The SMILES string of the molecule is O=C(C1CC(C2CCCN(Cc3ccc(Cl)cc3)C2)NN1)N1CCOCC1. The number of morpholine rings is 1. The molecule has 3 saturated heterocycles. The number of benzene rings is 1. The highest BCUT2D eigenvalue weighted by molar-refractivity contribution is 6.30. The number of carbonyl (C=O) groups excluding carboxylic acids is 1. The highest BCUT2D eigenvalue weighted by Gasteiger charge is 2.37. The average Bonchev–Trinajstić information content (AvgIpc) is 3.20. The van der Waals surface area contributed by atoms with Crippen molar-refractivity contribution >= 4 is 17.5 Å². The van der Waals surface area contributed by atoms with Gasteiger partial charge < -0.3 is 9.64 Å². The van der Waals surface area contributed by atoms with E-state index in [9.17, 15) is 4.79 Å². The smallest absolute Gasteiger partial charge is 0.241 e. The predicted octanol–water partition coefficient (Wildman–Crippen LogP) is 1.65. The monoisotopic (exact) mass is 392 g/mol. The van der Waals surface area contributed by atoms with Gasteiger partial charge in [-0.25, -0.2) is 5.43 Å². The van der Waals surface area contributed by atoms with E-state index in [1.54, 1.807) is 0 Å². The number of piperidine rings is 1. The molecule has 0 saturated carbocycles. The lowest BCUT2D eigenvalue weighted by Crippen LogP contribution is -2.49. The number of rotatable bonds is 4. The molecule has 3 fully saturated rings. The standard InChI is InChI=1S/C20H29ClN4O2/c21-17-5-3-15(4-6-17)13-24-7-1-2-16(14-24)18-12-19(23-22-18)20(26)25-8-10-27-11-9-25/h3-6,16,18-19,22-23H,1-2,7-14H2. The molecular weight excluding hydrogens is 364 g/mol. The maximum Gasteiger partial charge on any atom is 0.241 e. The number of hydrogen-bond acceptors (Lipinski definition) is 5. The second-order valence-corrected chi connectivity index (χ2v) is 8.32. The zero-order valence-electron chi connectivity index (χ0n) is 15.7. The molecule has 4 rings (SSSR count). The largest absolute Gasteiger partial charge is 0.378 e. The second kappa shape index (κ2) is 8.88. The molecule has 0 spiro atoms. The third-order valence-corrected chi connectivity index (χ3v) is 6.24. The molecule has 0 radical (unpaired) electrons. The summed E-state index contributed by atoms with van der Waals surface area (Å²) in [5, 5.41) is 0.785. The van der Waals surface area contributed by atoms with Crippen molar-refractivity contribution in [1.29, 1.82) is 0 Å². The maximum absolute atomic E-state index is 12.7. The Kier molecular flexibility index (Phi) is 6.30. The fraction of sp³-hybridized carbons (Fsp3) is 0.650. The third-order valence-electron chi connectivity index (χ3n) is 5.98. The van der Waals surface area contributed by atoms with Gasteiger partial charge in [0.1, 0.15) is 6.04 Å². The Hall–Kier alpha value is -1.18. The molecule has 27 heavy (non-hydrogen) atoms. The van der Waals surface area contributed by atoms with Crippen LogP contribution in [0.3, 0.4) is 0 Å². The highest BCUT2D eigenvalue weighted by Crippen LogP contribution is 2.26. The highest BCUT2D eigenvalue weighted by atomic mass is 35.5. The molecule has 0 aliphatic carbocycles. The predicted molar refractivity (Wildman–Crippen MR) is 105 cm³/mol. The van der Waals surface area contributed by atoms with Crippen LogP contribution in [-0.4, -0.2) is 67.2 Å². The first-order chi connectivity index (χ1) is 13.2. The summed E-state index contributed by atoms with van der Waals surface area (Å²) in [5.74, 6) is 0.781. The summed E-state index contributed by atoms with van der Waals surface area (Å²) in [6.45, 7) is 5.88. The summed E-state index contributed by atoms with van der Waals surface area (Å²) in [6.07, 6.45) is 3.29. The van der Waals surface area contributed by atoms with Crippen molar-refractivity contribution in [2.75, 3.05) is 39.4 Å². The third kappa shape index (κ3) is 4.81. The van der Waals surface area contributed by atoms with E-state index in [1.807, 2.05) is 17.0 Å². The molecule has 1 aromatic carbocycles. The number of halogens is 1. The van der Waals surface area contributed by atoms with Gasteiger partial charge in [0.15, 0.2) is 0 Å². The van der Waals surface area contributed by atoms with Crippen LogP contribution >= 0.6 is 11.6 Å². The van der Waals surface area contributed by atoms with Crippen molar-refractivity contribution in [3.05, 3.63) is 34.9 Å². The molecule has 1 amide bonds. The van der Waals surface area contributed by atoms with Crippen molar-refractivity contribution < 1.29 is 9.53 Å². The minimum Gasteiger partial charge on any atom is -0.378 e. The van der Waals surface area contributed by atoms with E-state index >= 15 is 0 Å². The molecule has 1 aromatic rings. The zero-order valence-corrected chi connectivity index (χ0v) is 16.5. The summed E-state index contributed by atoms with van der Waals surface area (Å²) in [6, 6.07) is 8.38. The van der Waals surface area contributed by atoms with Crippen LogP contribution in [0.1, 0.15) is 24.8 Å². The number of nitrogens with zero attached hydrogens (tertiary/aromatic N) is 2. The van der Waals surface area contributed by atoms with Gasteiger partial charge in [-0.1, -0.05) is 23.7 Å². The lowest BCUT2D eigenvalue weighted by molar-refractivity contribution is -0.137. The van der Waals surface area contributed by atoms with Gasteiger partial charge in [-0.2, -0.15) is 0 Å². The van der Waals surface area contributed by atoms with Crippen LogP contribution in [0.25, 0.3) is 0 Å². The minimum atomic E-state index is -0.111. The molecule has 3 atom stereocenters. The van der Waals surface area contributed by atoms with Gasteiger partial charge in [0, 0.05) is 37.2 Å².